The van der Waals surface area contributed by atoms with E-state index in [4.69, 9.17) is 0 Å². The van der Waals surface area contributed by atoms with Gasteiger partial charge in [-0.3, -0.25) is 9.98 Å². The fourth-order valence-corrected chi connectivity index (χ4v) is 1.02. The molecule has 0 aliphatic carbocycles. The summed E-state index contributed by atoms with van der Waals surface area (Å²) in [6, 6.07) is 1.96. The number of aromatic nitrogens is 1. The number of rotatable bonds is 2. The van der Waals surface area contributed by atoms with E-state index >= 15 is 0 Å². The lowest BCUT2D eigenvalue weighted by atomic mass is 10.1. The molecule has 0 fully saturated rings. The first kappa shape index (κ1) is 8.65. The van der Waals surface area contributed by atoms with Gasteiger partial charge < -0.3 is 0 Å². The van der Waals surface area contributed by atoms with E-state index < -0.39 is 0 Å². The number of hydrogen-bond acceptors (Lipinski definition) is 2. The molecule has 2 heteroatoms. The van der Waals surface area contributed by atoms with Crippen molar-refractivity contribution in [1.29, 1.82) is 0 Å². The Hall–Kier alpha value is -1.44. The van der Waals surface area contributed by atoms with Gasteiger partial charge in [-0.2, -0.15) is 0 Å². The van der Waals surface area contributed by atoms with Gasteiger partial charge in [-0.25, -0.2) is 0 Å². The Bertz CT molecular complexity index is 327. The van der Waals surface area contributed by atoms with Gasteiger partial charge in [0.15, 0.2) is 0 Å². The van der Waals surface area contributed by atoms with Crippen molar-refractivity contribution in [2.45, 2.75) is 13.8 Å². The van der Waals surface area contributed by atoms with E-state index in [9.17, 15) is 0 Å². The van der Waals surface area contributed by atoms with E-state index in [1.54, 1.807) is 6.20 Å². The molecule has 0 radical (unpaired) electrons. The molecule has 1 aromatic heterocycles. The van der Waals surface area contributed by atoms with Crippen molar-refractivity contribution < 1.29 is 0 Å². The van der Waals surface area contributed by atoms with E-state index in [1.807, 2.05) is 19.9 Å². The zero-order valence-electron chi connectivity index (χ0n) is 7.46. The minimum absolute atomic E-state index is 0.799. The highest BCUT2D eigenvalue weighted by Crippen LogP contribution is 2.24. The van der Waals surface area contributed by atoms with Crippen molar-refractivity contribution in [3.05, 3.63) is 30.1 Å². The summed E-state index contributed by atoms with van der Waals surface area (Å²) < 4.78 is 0. The van der Waals surface area contributed by atoms with Crippen LogP contribution in [0.15, 0.2) is 23.8 Å². The fourth-order valence-electron chi connectivity index (χ4n) is 1.02. The second kappa shape index (κ2) is 3.30. The number of aliphatic imine (C=N–C) groups is 1. The minimum atomic E-state index is 0.799. The van der Waals surface area contributed by atoms with Crippen molar-refractivity contribution in [3.63, 3.8) is 0 Å². The lowest BCUT2D eigenvalue weighted by Crippen LogP contribution is -1.85. The Labute approximate surface area is 72.7 Å². The number of nitrogens with zero attached hydrogens (tertiary/aromatic N) is 2. The standard InChI is InChI=1S/C10H12N2/c1-7(2)9-5-8(3)12-6-10(9)11-4/h5-6H,1,4H2,2-3H3. The summed E-state index contributed by atoms with van der Waals surface area (Å²) in [4.78, 5) is 7.98. The molecule has 0 unspecified atom stereocenters. The molecule has 12 heavy (non-hydrogen) atoms. The molecule has 1 rings (SSSR count). The van der Waals surface area contributed by atoms with Crippen molar-refractivity contribution in [1.82, 2.24) is 4.98 Å². The Morgan fingerprint density at radius 3 is 2.75 bits per heavy atom. The lowest BCUT2D eigenvalue weighted by Gasteiger charge is -2.04. The summed E-state index contributed by atoms with van der Waals surface area (Å²) in [7, 11) is 0. The molecule has 0 bridgehead atoms. The van der Waals surface area contributed by atoms with E-state index in [0.29, 0.717) is 0 Å². The van der Waals surface area contributed by atoms with Crippen molar-refractivity contribution in [2.75, 3.05) is 0 Å². The minimum Gasteiger partial charge on any atom is -0.262 e. The van der Waals surface area contributed by atoms with Gasteiger partial charge in [0, 0.05) is 11.3 Å². The first-order valence-electron chi connectivity index (χ1n) is 3.74. The average molecular weight is 160 g/mol. The molecule has 2 nitrogen and oxygen atoms in total. The van der Waals surface area contributed by atoms with Crippen LogP contribution in [0.3, 0.4) is 0 Å². The van der Waals surface area contributed by atoms with Crippen LogP contribution in [0.4, 0.5) is 5.69 Å². The number of pyridine rings is 1. The molecule has 0 aromatic carbocycles. The number of allylic oxidation sites excluding steroid dienone is 1. The van der Waals surface area contributed by atoms with Crippen LogP contribution in [0.2, 0.25) is 0 Å². The van der Waals surface area contributed by atoms with Crippen molar-refractivity contribution >= 4 is 18.0 Å². The van der Waals surface area contributed by atoms with Gasteiger partial charge in [0.2, 0.25) is 0 Å². The van der Waals surface area contributed by atoms with Crippen LogP contribution >= 0.6 is 0 Å². The van der Waals surface area contributed by atoms with Gasteiger partial charge in [-0.15, -0.1) is 0 Å². The quantitative estimate of drug-likeness (QED) is 0.611. The van der Waals surface area contributed by atoms with Crippen molar-refractivity contribution in [3.8, 4) is 0 Å². The molecule has 0 aliphatic heterocycles. The zero-order valence-corrected chi connectivity index (χ0v) is 7.46. The van der Waals surface area contributed by atoms with E-state index in [2.05, 4.69) is 23.3 Å². The summed E-state index contributed by atoms with van der Waals surface area (Å²) in [5, 5.41) is 0. The van der Waals surface area contributed by atoms with E-state index in [-0.39, 0.29) is 0 Å². The normalized spacial score (nSPS) is 9.50. The maximum absolute atomic E-state index is 4.12. The fraction of sp³-hybridized carbons (Fsp3) is 0.200. The molecule has 0 amide bonds. The van der Waals surface area contributed by atoms with Crippen LogP contribution in [0.25, 0.3) is 5.57 Å². The third-order valence-corrected chi connectivity index (χ3v) is 1.65. The number of hydrogen-bond donors (Lipinski definition) is 0. The predicted octanol–water partition coefficient (Wildman–Crippen LogP) is 2.76. The molecular weight excluding hydrogens is 148 g/mol. The summed E-state index contributed by atoms with van der Waals surface area (Å²) in [5.41, 5.74) is 3.79. The second-order valence-corrected chi connectivity index (χ2v) is 2.78. The maximum Gasteiger partial charge on any atom is 0.0880 e. The van der Waals surface area contributed by atoms with Crippen LogP contribution in [0.5, 0.6) is 0 Å². The SMILES string of the molecule is C=Nc1cnc(C)cc1C(=C)C. The summed E-state index contributed by atoms with van der Waals surface area (Å²) in [6.45, 7) is 11.2. The van der Waals surface area contributed by atoms with Crippen LogP contribution < -0.4 is 0 Å². The Balaban J connectivity index is 3.30. The first-order chi connectivity index (χ1) is 5.65. The molecule has 0 saturated heterocycles. The topological polar surface area (TPSA) is 25.2 Å². The van der Waals surface area contributed by atoms with Crippen LogP contribution in [-0.4, -0.2) is 11.7 Å². The summed E-state index contributed by atoms with van der Waals surface area (Å²) in [6.07, 6.45) is 1.71. The van der Waals surface area contributed by atoms with Crippen molar-refractivity contribution in [2.24, 2.45) is 4.99 Å². The van der Waals surface area contributed by atoms with Crippen LogP contribution in [0.1, 0.15) is 18.2 Å². The van der Waals surface area contributed by atoms with Crippen LogP contribution in [-0.2, 0) is 0 Å². The highest BCUT2D eigenvalue weighted by atomic mass is 14.8. The Kier molecular flexibility index (Phi) is 2.38. The average Bonchev–Trinajstić information content (AvgIpc) is 2.04. The predicted molar refractivity (Wildman–Crippen MR) is 52.9 cm³/mol. The summed E-state index contributed by atoms with van der Waals surface area (Å²) >= 11 is 0. The summed E-state index contributed by atoms with van der Waals surface area (Å²) in [5.74, 6) is 0. The third-order valence-electron chi connectivity index (χ3n) is 1.65. The first-order valence-corrected chi connectivity index (χ1v) is 3.74. The molecule has 0 aliphatic rings. The van der Waals surface area contributed by atoms with Gasteiger partial charge in [0.05, 0.1) is 11.9 Å². The monoisotopic (exact) mass is 160 g/mol. The van der Waals surface area contributed by atoms with Gasteiger partial charge in [-0.1, -0.05) is 6.58 Å². The highest BCUT2D eigenvalue weighted by Gasteiger charge is 2.01. The zero-order chi connectivity index (χ0) is 9.14. The molecule has 0 saturated carbocycles. The van der Waals surface area contributed by atoms with Gasteiger partial charge in [0.1, 0.15) is 0 Å². The largest absolute Gasteiger partial charge is 0.262 e. The molecule has 1 aromatic rings. The molecule has 1 heterocycles. The van der Waals surface area contributed by atoms with Gasteiger partial charge in [-0.05, 0) is 32.2 Å². The molecule has 0 spiro atoms. The van der Waals surface area contributed by atoms with E-state index in [1.165, 1.54) is 0 Å². The van der Waals surface area contributed by atoms with Gasteiger partial charge in [0.25, 0.3) is 0 Å². The lowest BCUT2D eigenvalue weighted by molar-refractivity contribution is 1.18. The number of aryl methyl sites for hydroxylation is 1. The molecular formula is C10H12N2. The maximum atomic E-state index is 4.12. The Morgan fingerprint density at radius 2 is 2.25 bits per heavy atom. The van der Waals surface area contributed by atoms with Crippen LogP contribution in [0, 0.1) is 6.92 Å². The van der Waals surface area contributed by atoms with Gasteiger partial charge >= 0.3 is 0 Å². The smallest absolute Gasteiger partial charge is 0.0880 e. The third kappa shape index (κ3) is 1.59. The highest BCUT2D eigenvalue weighted by molar-refractivity contribution is 5.72. The molecule has 62 valence electrons. The Morgan fingerprint density at radius 1 is 1.58 bits per heavy atom. The molecule has 0 atom stereocenters. The second-order valence-electron chi connectivity index (χ2n) is 2.78. The van der Waals surface area contributed by atoms with E-state index in [0.717, 1.165) is 22.5 Å². The molecule has 0 N–H and O–H groups in total.